The minimum atomic E-state index is -0.968. The lowest BCUT2D eigenvalue weighted by Gasteiger charge is -2.18. The third-order valence-corrected chi connectivity index (χ3v) is 8.54. The molecule has 1 atom stereocenters. The first kappa shape index (κ1) is 41.2. The van der Waals surface area contributed by atoms with Crippen molar-refractivity contribution < 1.29 is 19.4 Å². The molecule has 0 saturated heterocycles. The van der Waals surface area contributed by atoms with Crippen LogP contribution in [-0.4, -0.2) is 43.7 Å². The Bertz CT molecular complexity index is 516. The van der Waals surface area contributed by atoms with E-state index < -0.39 is 6.09 Å². The Morgan fingerprint density at radius 1 is 0.524 bits per heavy atom. The van der Waals surface area contributed by atoms with Gasteiger partial charge in [0.25, 0.3) is 0 Å². The quantitative estimate of drug-likeness (QED) is 0.0705. The first-order valence-electron chi connectivity index (χ1n) is 18.9. The maximum absolute atomic E-state index is 10.8. The summed E-state index contributed by atoms with van der Waals surface area (Å²) in [6.07, 6.45) is 37.7. The summed E-state index contributed by atoms with van der Waals surface area (Å²) in [6, 6.07) is 0. The van der Waals surface area contributed by atoms with Crippen LogP contribution in [-0.2, 0) is 9.47 Å². The number of carboxylic acid groups (broad SMARTS) is 1. The Balaban J connectivity index is 3.62. The highest BCUT2D eigenvalue weighted by atomic mass is 16.5. The van der Waals surface area contributed by atoms with Gasteiger partial charge < -0.3 is 19.9 Å². The van der Waals surface area contributed by atoms with Gasteiger partial charge in [0, 0.05) is 19.8 Å². The average Bonchev–Trinajstić information content (AvgIpc) is 2.98. The predicted octanol–water partition coefficient (Wildman–Crippen LogP) is 12.0. The van der Waals surface area contributed by atoms with Gasteiger partial charge in [-0.2, -0.15) is 0 Å². The van der Waals surface area contributed by atoms with Gasteiger partial charge in [-0.15, -0.1) is 0 Å². The van der Waals surface area contributed by atoms with E-state index in [9.17, 15) is 4.79 Å². The number of ether oxygens (including phenoxy) is 2. The minimum Gasteiger partial charge on any atom is -0.465 e. The van der Waals surface area contributed by atoms with Crippen LogP contribution in [0.25, 0.3) is 0 Å². The zero-order chi connectivity index (χ0) is 30.6. The Labute approximate surface area is 263 Å². The highest BCUT2D eigenvalue weighted by molar-refractivity contribution is 5.64. The number of hydrogen-bond donors (Lipinski definition) is 2. The van der Waals surface area contributed by atoms with Crippen LogP contribution in [0.15, 0.2) is 0 Å². The van der Waals surface area contributed by atoms with Crippen molar-refractivity contribution in [2.75, 3.05) is 26.4 Å². The summed E-state index contributed by atoms with van der Waals surface area (Å²) in [5.74, 6) is 0. The maximum atomic E-state index is 10.8. The zero-order valence-corrected chi connectivity index (χ0v) is 28.6. The number of hydrogen-bond acceptors (Lipinski definition) is 3. The van der Waals surface area contributed by atoms with E-state index in [-0.39, 0.29) is 6.10 Å². The van der Waals surface area contributed by atoms with Gasteiger partial charge in [0.05, 0.1) is 12.7 Å². The number of unbranched alkanes of at least 4 members (excludes halogenated alkanes) is 26. The second-order valence-electron chi connectivity index (χ2n) is 12.8. The van der Waals surface area contributed by atoms with E-state index in [1.807, 2.05) is 0 Å². The van der Waals surface area contributed by atoms with E-state index in [2.05, 4.69) is 19.2 Å². The summed E-state index contributed by atoms with van der Waals surface area (Å²) in [7, 11) is 0. The fraction of sp³-hybridized carbons (Fsp3) is 0.973. The molecule has 0 aliphatic rings. The van der Waals surface area contributed by atoms with Crippen LogP contribution in [0, 0.1) is 0 Å². The molecule has 252 valence electrons. The molecule has 0 rings (SSSR count). The Hall–Kier alpha value is -0.810. The molecule has 0 aromatic rings. The Morgan fingerprint density at radius 2 is 0.857 bits per heavy atom. The van der Waals surface area contributed by atoms with E-state index in [1.54, 1.807) is 0 Å². The van der Waals surface area contributed by atoms with Crippen molar-refractivity contribution in [1.82, 2.24) is 5.32 Å². The molecule has 0 bridgehead atoms. The van der Waals surface area contributed by atoms with E-state index in [0.717, 1.165) is 26.1 Å². The van der Waals surface area contributed by atoms with Crippen molar-refractivity contribution in [2.24, 2.45) is 0 Å². The molecule has 5 nitrogen and oxygen atoms in total. The van der Waals surface area contributed by atoms with Gasteiger partial charge in [-0.05, 0) is 19.3 Å². The molecule has 0 radical (unpaired) electrons. The van der Waals surface area contributed by atoms with E-state index in [4.69, 9.17) is 14.6 Å². The lowest BCUT2D eigenvalue weighted by atomic mass is 10.0. The van der Waals surface area contributed by atoms with Crippen LogP contribution in [0.3, 0.4) is 0 Å². The minimum absolute atomic E-state index is 0.0227. The van der Waals surface area contributed by atoms with Crippen LogP contribution < -0.4 is 5.32 Å². The van der Waals surface area contributed by atoms with Crippen LogP contribution in [0.1, 0.15) is 200 Å². The van der Waals surface area contributed by atoms with Gasteiger partial charge in [-0.25, -0.2) is 4.79 Å². The third-order valence-electron chi connectivity index (χ3n) is 8.54. The summed E-state index contributed by atoms with van der Waals surface area (Å²) >= 11 is 0. The van der Waals surface area contributed by atoms with Gasteiger partial charge in [-0.3, -0.25) is 0 Å². The number of rotatable bonds is 36. The fourth-order valence-electron chi connectivity index (χ4n) is 5.71. The molecule has 0 aromatic carbocycles. The monoisotopic (exact) mass is 598 g/mol. The Morgan fingerprint density at radius 3 is 1.21 bits per heavy atom. The molecule has 0 aromatic heterocycles. The van der Waals surface area contributed by atoms with Crippen LogP contribution >= 0.6 is 0 Å². The molecular formula is C37H75NO4. The van der Waals surface area contributed by atoms with Gasteiger partial charge >= 0.3 is 6.09 Å². The van der Waals surface area contributed by atoms with Crippen molar-refractivity contribution >= 4 is 6.09 Å². The molecular weight excluding hydrogens is 522 g/mol. The smallest absolute Gasteiger partial charge is 0.404 e. The topological polar surface area (TPSA) is 67.8 Å². The van der Waals surface area contributed by atoms with Gasteiger partial charge in [0.1, 0.15) is 0 Å². The van der Waals surface area contributed by atoms with Crippen molar-refractivity contribution in [3.8, 4) is 0 Å². The highest BCUT2D eigenvalue weighted by Gasteiger charge is 2.10. The molecule has 5 heteroatoms. The number of amides is 1. The number of nitrogens with one attached hydrogen (secondary N) is 1. The lowest BCUT2D eigenvalue weighted by molar-refractivity contribution is -0.0219. The molecule has 42 heavy (non-hydrogen) atoms. The summed E-state index contributed by atoms with van der Waals surface area (Å²) in [6.45, 7) is 7.08. The van der Waals surface area contributed by atoms with E-state index in [1.165, 1.54) is 167 Å². The van der Waals surface area contributed by atoms with Crippen molar-refractivity contribution in [1.29, 1.82) is 0 Å². The largest absolute Gasteiger partial charge is 0.465 e. The molecule has 0 spiro atoms. The summed E-state index contributed by atoms with van der Waals surface area (Å²) in [5, 5.41) is 11.4. The van der Waals surface area contributed by atoms with Crippen LogP contribution in [0.4, 0.5) is 4.79 Å². The van der Waals surface area contributed by atoms with Crippen molar-refractivity contribution in [2.45, 2.75) is 206 Å². The molecule has 0 fully saturated rings. The highest BCUT2D eigenvalue weighted by Crippen LogP contribution is 2.15. The third kappa shape index (κ3) is 35.4. The molecule has 0 aliphatic carbocycles. The summed E-state index contributed by atoms with van der Waals surface area (Å²) in [5.41, 5.74) is 0. The molecule has 2 N–H and O–H groups in total. The van der Waals surface area contributed by atoms with Crippen LogP contribution in [0.5, 0.6) is 0 Å². The molecule has 0 heterocycles. The van der Waals surface area contributed by atoms with Crippen molar-refractivity contribution in [3.05, 3.63) is 0 Å². The van der Waals surface area contributed by atoms with Crippen LogP contribution in [0.2, 0.25) is 0 Å². The molecule has 1 amide bonds. The first-order chi connectivity index (χ1) is 20.7. The first-order valence-corrected chi connectivity index (χ1v) is 18.9. The Kier molecular flexibility index (Phi) is 35.7. The molecule has 1 unspecified atom stereocenters. The average molecular weight is 598 g/mol. The fourth-order valence-corrected chi connectivity index (χ4v) is 5.71. The summed E-state index contributed by atoms with van der Waals surface area (Å²) in [4.78, 5) is 10.8. The van der Waals surface area contributed by atoms with Gasteiger partial charge in [0.15, 0.2) is 0 Å². The van der Waals surface area contributed by atoms with Crippen molar-refractivity contribution in [3.63, 3.8) is 0 Å². The molecule has 0 saturated carbocycles. The number of carbonyl (C=O) groups is 1. The summed E-state index contributed by atoms with van der Waals surface area (Å²) < 4.78 is 12.0. The molecule has 0 aliphatic heterocycles. The zero-order valence-electron chi connectivity index (χ0n) is 28.6. The predicted molar refractivity (Wildman–Crippen MR) is 182 cm³/mol. The van der Waals surface area contributed by atoms with E-state index >= 15 is 0 Å². The van der Waals surface area contributed by atoms with E-state index in [0.29, 0.717) is 19.6 Å². The maximum Gasteiger partial charge on any atom is 0.404 e. The second kappa shape index (κ2) is 36.4. The standard InChI is InChI=1S/C37H75NO4/c1-3-5-7-9-11-13-15-17-19-21-23-25-27-29-33-41-35-36(31-32-38-37(39)40)42-34-30-28-26-24-22-20-18-16-14-12-10-8-6-4-2/h36,38H,3-35H2,1-2H3,(H,39,40). The second-order valence-corrected chi connectivity index (χ2v) is 12.8. The lowest BCUT2D eigenvalue weighted by Crippen LogP contribution is -2.29. The normalized spacial score (nSPS) is 12.1. The van der Waals surface area contributed by atoms with Gasteiger partial charge in [0.2, 0.25) is 0 Å². The SMILES string of the molecule is CCCCCCCCCCCCCCCCOCC(CCNC(=O)O)OCCCCCCCCCCCCCCCC. The van der Waals surface area contributed by atoms with Gasteiger partial charge in [-0.1, -0.05) is 181 Å².